The van der Waals surface area contributed by atoms with E-state index in [-0.39, 0.29) is 17.8 Å². The lowest BCUT2D eigenvalue weighted by atomic mass is 10.0. The average Bonchev–Trinajstić information content (AvgIpc) is 2.34. The van der Waals surface area contributed by atoms with Crippen LogP contribution in [0.4, 0.5) is 8.78 Å². The Hall–Kier alpha value is -2.03. The second-order valence-corrected chi connectivity index (χ2v) is 4.17. The maximum Gasteiger partial charge on any atom is 0.167 e. The van der Waals surface area contributed by atoms with E-state index in [2.05, 4.69) is 0 Å². The van der Waals surface area contributed by atoms with Gasteiger partial charge in [0.25, 0.3) is 0 Å². The lowest BCUT2D eigenvalue weighted by molar-refractivity contribution is 0.0990. The van der Waals surface area contributed by atoms with Crippen LogP contribution >= 0.6 is 0 Å². The number of hydrogen-bond acceptors (Lipinski definition) is 1. The van der Waals surface area contributed by atoms with Gasteiger partial charge in [0.1, 0.15) is 11.6 Å². The first-order chi connectivity index (χ1) is 8.58. The molecule has 1 nitrogen and oxygen atoms in total. The highest BCUT2D eigenvalue weighted by Gasteiger charge is 2.14. The molecule has 0 aliphatic rings. The highest BCUT2D eigenvalue weighted by atomic mass is 19.1. The van der Waals surface area contributed by atoms with Gasteiger partial charge in [-0.1, -0.05) is 35.9 Å². The van der Waals surface area contributed by atoms with Crippen molar-refractivity contribution in [1.82, 2.24) is 0 Å². The Morgan fingerprint density at radius 1 is 1.00 bits per heavy atom. The van der Waals surface area contributed by atoms with E-state index in [1.165, 1.54) is 6.07 Å². The van der Waals surface area contributed by atoms with E-state index < -0.39 is 11.6 Å². The van der Waals surface area contributed by atoms with E-state index in [9.17, 15) is 13.6 Å². The molecule has 0 bridgehead atoms. The number of hydrogen-bond donors (Lipinski definition) is 0. The zero-order valence-electron chi connectivity index (χ0n) is 9.91. The predicted octanol–water partition coefficient (Wildman–Crippen LogP) is 3.70. The summed E-state index contributed by atoms with van der Waals surface area (Å²) in [6.07, 6.45) is -0.262. The second-order valence-electron chi connectivity index (χ2n) is 4.17. The molecule has 18 heavy (non-hydrogen) atoms. The van der Waals surface area contributed by atoms with Crippen LogP contribution < -0.4 is 0 Å². The van der Waals surface area contributed by atoms with E-state index in [4.69, 9.17) is 0 Å². The molecule has 0 fully saturated rings. The molecule has 0 aliphatic heterocycles. The fourth-order valence-electron chi connectivity index (χ4n) is 1.70. The zero-order chi connectivity index (χ0) is 13.1. The predicted molar refractivity (Wildman–Crippen MR) is 65.6 cm³/mol. The third-order valence-corrected chi connectivity index (χ3v) is 2.77. The third kappa shape index (κ3) is 2.62. The Bertz CT molecular complexity index is 553. The molecule has 0 saturated carbocycles. The Morgan fingerprint density at radius 2 is 1.56 bits per heavy atom. The lowest BCUT2D eigenvalue weighted by Gasteiger charge is -2.04. The molecular formula is C15H12F2O. The molecular weight excluding hydrogens is 234 g/mol. The fourth-order valence-corrected chi connectivity index (χ4v) is 1.70. The van der Waals surface area contributed by atoms with Gasteiger partial charge in [0.15, 0.2) is 5.78 Å². The van der Waals surface area contributed by atoms with Crippen molar-refractivity contribution in [2.75, 3.05) is 0 Å². The van der Waals surface area contributed by atoms with Gasteiger partial charge >= 0.3 is 0 Å². The Labute approximate surface area is 104 Å². The molecule has 0 heterocycles. The fraction of sp³-hybridized carbons (Fsp3) is 0.133. The first-order valence-electron chi connectivity index (χ1n) is 5.60. The maximum absolute atomic E-state index is 13.4. The van der Waals surface area contributed by atoms with Crippen LogP contribution in [0.15, 0.2) is 42.5 Å². The molecule has 0 N–H and O–H groups in total. The molecule has 0 radical (unpaired) electrons. The Kier molecular flexibility index (Phi) is 3.51. The quantitative estimate of drug-likeness (QED) is 0.755. The standard InChI is InChI=1S/C15H12F2O/c1-10-5-7-11(8-6-10)15(18)9-12-13(16)3-2-4-14(12)17/h2-8H,9H2,1H3. The minimum absolute atomic E-state index is 0.178. The molecule has 92 valence electrons. The number of carbonyl (C=O) groups is 1. The van der Waals surface area contributed by atoms with Crippen molar-refractivity contribution in [2.24, 2.45) is 0 Å². The molecule has 3 heteroatoms. The summed E-state index contributed by atoms with van der Waals surface area (Å²) in [6.45, 7) is 1.91. The van der Waals surface area contributed by atoms with Gasteiger partial charge in [0.2, 0.25) is 0 Å². The smallest absolute Gasteiger partial charge is 0.167 e. The summed E-state index contributed by atoms with van der Waals surface area (Å²) in [5.74, 6) is -1.66. The zero-order valence-corrected chi connectivity index (χ0v) is 9.91. The van der Waals surface area contributed by atoms with Gasteiger partial charge in [-0.2, -0.15) is 0 Å². The summed E-state index contributed by atoms with van der Waals surface area (Å²) < 4.78 is 26.8. The van der Waals surface area contributed by atoms with Gasteiger partial charge in [-0.25, -0.2) is 8.78 Å². The monoisotopic (exact) mass is 246 g/mol. The topological polar surface area (TPSA) is 17.1 Å². The summed E-state index contributed by atoms with van der Waals surface area (Å²) in [4.78, 5) is 11.9. The van der Waals surface area contributed by atoms with Crippen molar-refractivity contribution in [2.45, 2.75) is 13.3 Å². The lowest BCUT2D eigenvalue weighted by Crippen LogP contribution is -2.07. The van der Waals surface area contributed by atoms with E-state index in [1.54, 1.807) is 24.3 Å². The van der Waals surface area contributed by atoms with Crippen LogP contribution in [-0.4, -0.2) is 5.78 Å². The van der Waals surface area contributed by atoms with Crippen LogP contribution in [-0.2, 0) is 6.42 Å². The number of rotatable bonds is 3. The normalized spacial score (nSPS) is 10.4. The molecule has 2 aromatic carbocycles. The van der Waals surface area contributed by atoms with Crippen molar-refractivity contribution in [3.63, 3.8) is 0 Å². The van der Waals surface area contributed by atoms with E-state index in [0.29, 0.717) is 5.56 Å². The molecule has 0 unspecified atom stereocenters. The molecule has 0 atom stereocenters. The van der Waals surface area contributed by atoms with Gasteiger partial charge in [0, 0.05) is 17.5 Å². The minimum atomic E-state index is -0.685. The van der Waals surface area contributed by atoms with Crippen LogP contribution in [0.2, 0.25) is 0 Å². The van der Waals surface area contributed by atoms with Crippen molar-refractivity contribution >= 4 is 5.78 Å². The van der Waals surface area contributed by atoms with Crippen molar-refractivity contribution in [3.05, 3.63) is 70.8 Å². The molecule has 2 aromatic rings. The molecule has 0 aromatic heterocycles. The summed E-state index contributed by atoms with van der Waals surface area (Å²) >= 11 is 0. The van der Waals surface area contributed by atoms with Crippen LogP contribution in [0.25, 0.3) is 0 Å². The highest BCUT2D eigenvalue weighted by Crippen LogP contribution is 2.15. The van der Waals surface area contributed by atoms with Crippen molar-refractivity contribution < 1.29 is 13.6 Å². The van der Waals surface area contributed by atoms with Gasteiger partial charge in [0.05, 0.1) is 0 Å². The molecule has 0 spiro atoms. The minimum Gasteiger partial charge on any atom is -0.294 e. The van der Waals surface area contributed by atoms with E-state index >= 15 is 0 Å². The Morgan fingerprint density at radius 3 is 2.11 bits per heavy atom. The van der Waals surface area contributed by atoms with E-state index in [1.807, 2.05) is 6.92 Å². The van der Waals surface area contributed by atoms with Crippen LogP contribution in [0.5, 0.6) is 0 Å². The second kappa shape index (κ2) is 5.08. The van der Waals surface area contributed by atoms with Gasteiger partial charge < -0.3 is 0 Å². The van der Waals surface area contributed by atoms with Gasteiger partial charge in [-0.3, -0.25) is 4.79 Å². The molecule has 0 aliphatic carbocycles. The third-order valence-electron chi connectivity index (χ3n) is 2.77. The summed E-state index contributed by atoms with van der Waals surface area (Å²) in [5.41, 5.74) is 1.31. The molecule has 0 amide bonds. The van der Waals surface area contributed by atoms with Gasteiger partial charge in [-0.05, 0) is 19.1 Å². The number of carbonyl (C=O) groups excluding carboxylic acids is 1. The summed E-state index contributed by atoms with van der Waals surface area (Å²) in [7, 11) is 0. The number of halogens is 2. The number of ketones is 1. The highest BCUT2D eigenvalue weighted by molar-refractivity contribution is 5.97. The van der Waals surface area contributed by atoms with Crippen molar-refractivity contribution in [1.29, 1.82) is 0 Å². The number of Topliss-reactive ketones (excluding diaryl/α,β-unsaturated/α-hetero) is 1. The Balaban J connectivity index is 2.24. The maximum atomic E-state index is 13.4. The number of aryl methyl sites for hydroxylation is 1. The first-order valence-corrected chi connectivity index (χ1v) is 5.60. The van der Waals surface area contributed by atoms with Crippen LogP contribution in [0.3, 0.4) is 0 Å². The van der Waals surface area contributed by atoms with Gasteiger partial charge in [-0.15, -0.1) is 0 Å². The van der Waals surface area contributed by atoms with E-state index in [0.717, 1.165) is 17.7 Å². The molecule has 2 rings (SSSR count). The molecule has 0 saturated heterocycles. The van der Waals surface area contributed by atoms with Crippen LogP contribution in [0, 0.1) is 18.6 Å². The van der Waals surface area contributed by atoms with Crippen molar-refractivity contribution in [3.8, 4) is 0 Å². The average molecular weight is 246 g/mol. The number of benzene rings is 2. The largest absolute Gasteiger partial charge is 0.294 e. The summed E-state index contributed by atoms with van der Waals surface area (Å²) in [6, 6.07) is 10.5. The SMILES string of the molecule is Cc1ccc(C(=O)Cc2c(F)cccc2F)cc1. The summed E-state index contributed by atoms with van der Waals surface area (Å²) in [5, 5.41) is 0. The van der Waals surface area contributed by atoms with Crippen LogP contribution in [0.1, 0.15) is 21.5 Å². The first kappa shape index (κ1) is 12.4.